The van der Waals surface area contributed by atoms with Crippen LogP contribution in [0.1, 0.15) is 19.8 Å². The van der Waals surface area contributed by atoms with Gasteiger partial charge in [-0.15, -0.1) is 0 Å². The topological polar surface area (TPSA) is 58.6 Å². The summed E-state index contributed by atoms with van der Waals surface area (Å²) >= 11 is 0. The highest BCUT2D eigenvalue weighted by atomic mass is 16.5. The van der Waals surface area contributed by atoms with Crippen molar-refractivity contribution in [2.45, 2.75) is 38.0 Å². The summed E-state index contributed by atoms with van der Waals surface area (Å²) in [6.07, 6.45) is 0.906. The quantitative estimate of drug-likeness (QED) is 0.641. The predicted molar refractivity (Wildman–Crippen MR) is 50.9 cm³/mol. The Morgan fingerprint density at radius 1 is 1.57 bits per heavy atom. The van der Waals surface area contributed by atoms with E-state index in [0.29, 0.717) is 25.7 Å². The lowest BCUT2D eigenvalue weighted by atomic mass is 9.81. The van der Waals surface area contributed by atoms with Gasteiger partial charge in [0.05, 0.1) is 25.4 Å². The summed E-state index contributed by atoms with van der Waals surface area (Å²) < 4.78 is 5.35. The molecule has 2 rings (SSSR count). The number of aliphatic hydroxyl groups excluding tert-OH is 1. The van der Waals surface area contributed by atoms with Crippen LogP contribution in [-0.2, 0) is 9.53 Å². The molecule has 0 aromatic rings. The summed E-state index contributed by atoms with van der Waals surface area (Å²) in [7, 11) is 0. The third-order valence-electron chi connectivity index (χ3n) is 3.10. The first-order valence-electron chi connectivity index (χ1n) is 5.18. The molecular weight excluding hydrogens is 182 g/mol. The number of carbonyl (C=O) groups is 1. The molecule has 2 N–H and O–H groups in total. The van der Waals surface area contributed by atoms with E-state index in [4.69, 9.17) is 4.74 Å². The molecule has 4 atom stereocenters. The molecule has 0 saturated carbocycles. The fraction of sp³-hybridized carbons (Fsp3) is 0.900. The van der Waals surface area contributed by atoms with Gasteiger partial charge in [-0.2, -0.15) is 0 Å². The normalized spacial score (nSPS) is 42.1. The summed E-state index contributed by atoms with van der Waals surface area (Å²) in [4.78, 5) is 11.0. The monoisotopic (exact) mass is 199 g/mol. The highest BCUT2D eigenvalue weighted by Gasteiger charge is 2.39. The number of nitrogens with one attached hydrogen (secondary N) is 1. The molecule has 0 radical (unpaired) electrons. The van der Waals surface area contributed by atoms with Gasteiger partial charge in [-0.05, 0) is 19.3 Å². The Morgan fingerprint density at radius 3 is 3.07 bits per heavy atom. The van der Waals surface area contributed by atoms with E-state index in [1.807, 2.05) is 0 Å². The third-order valence-corrected chi connectivity index (χ3v) is 3.10. The number of hydrogen-bond donors (Lipinski definition) is 2. The molecule has 0 aliphatic carbocycles. The second-order valence-corrected chi connectivity index (χ2v) is 4.40. The van der Waals surface area contributed by atoms with Gasteiger partial charge in [-0.3, -0.25) is 0 Å². The second kappa shape index (κ2) is 3.96. The molecule has 4 heteroatoms. The second-order valence-electron chi connectivity index (χ2n) is 4.40. The smallest absolute Gasteiger partial charge is 0.130 e. The van der Waals surface area contributed by atoms with Gasteiger partial charge in [-0.25, -0.2) is 0 Å². The molecule has 0 aromatic carbocycles. The Bertz CT molecular complexity index is 231. The Hall–Kier alpha value is -0.450. The van der Waals surface area contributed by atoms with Crippen molar-refractivity contribution in [1.29, 1.82) is 0 Å². The molecule has 2 heterocycles. The van der Waals surface area contributed by atoms with Crippen molar-refractivity contribution >= 4 is 5.78 Å². The summed E-state index contributed by atoms with van der Waals surface area (Å²) in [6.45, 7) is 2.85. The maximum Gasteiger partial charge on any atom is 0.130 e. The predicted octanol–water partition coefficient (Wildman–Crippen LogP) is -0.297. The molecule has 80 valence electrons. The zero-order valence-corrected chi connectivity index (χ0v) is 8.40. The molecule has 4 nitrogen and oxygen atoms in total. The molecule has 4 unspecified atom stereocenters. The van der Waals surface area contributed by atoms with Crippen molar-refractivity contribution in [3.63, 3.8) is 0 Å². The van der Waals surface area contributed by atoms with Crippen LogP contribution >= 0.6 is 0 Å². The number of carbonyl (C=O) groups excluding carboxylic acids is 1. The van der Waals surface area contributed by atoms with Gasteiger partial charge in [0.25, 0.3) is 0 Å². The number of aliphatic hydroxyl groups is 1. The van der Waals surface area contributed by atoms with Gasteiger partial charge in [0.1, 0.15) is 5.78 Å². The fourth-order valence-corrected chi connectivity index (χ4v) is 2.48. The Balaban J connectivity index is 2.00. The Labute approximate surface area is 83.6 Å². The third kappa shape index (κ3) is 1.97. The van der Waals surface area contributed by atoms with E-state index in [0.717, 1.165) is 6.42 Å². The zero-order chi connectivity index (χ0) is 10.1. The van der Waals surface area contributed by atoms with E-state index < -0.39 is 6.10 Å². The highest BCUT2D eigenvalue weighted by Crippen LogP contribution is 2.27. The molecule has 2 fully saturated rings. The van der Waals surface area contributed by atoms with Crippen LogP contribution in [0.25, 0.3) is 0 Å². The lowest BCUT2D eigenvalue weighted by molar-refractivity contribution is -0.121. The van der Waals surface area contributed by atoms with Crippen LogP contribution in [0.4, 0.5) is 0 Å². The minimum absolute atomic E-state index is 0.0202. The molecule has 0 aromatic heterocycles. The van der Waals surface area contributed by atoms with Gasteiger partial charge in [0.2, 0.25) is 0 Å². The highest BCUT2D eigenvalue weighted by molar-refractivity contribution is 5.75. The summed E-state index contributed by atoms with van der Waals surface area (Å²) in [6, 6.07) is 0.341. The van der Waals surface area contributed by atoms with Gasteiger partial charge in [0, 0.05) is 12.5 Å². The molecule has 0 amide bonds. The minimum Gasteiger partial charge on any atom is -0.391 e. The average Bonchev–Trinajstić information content (AvgIpc) is 2.14. The molecule has 2 aliphatic heterocycles. The van der Waals surface area contributed by atoms with Crippen LogP contribution < -0.4 is 5.32 Å². The van der Waals surface area contributed by atoms with Gasteiger partial charge in [-0.1, -0.05) is 0 Å². The summed E-state index contributed by atoms with van der Waals surface area (Å²) in [5.41, 5.74) is 0. The molecular formula is C10H17NO3. The lowest BCUT2D eigenvalue weighted by Gasteiger charge is -2.43. The van der Waals surface area contributed by atoms with Crippen LogP contribution in [0, 0.1) is 5.92 Å². The van der Waals surface area contributed by atoms with Crippen LogP contribution in [0.3, 0.4) is 0 Å². The molecule has 0 spiro atoms. The summed E-state index contributed by atoms with van der Waals surface area (Å²) in [5, 5.41) is 13.3. The first-order valence-corrected chi connectivity index (χ1v) is 5.18. The van der Waals surface area contributed by atoms with E-state index in [1.54, 1.807) is 6.92 Å². The van der Waals surface area contributed by atoms with Gasteiger partial charge < -0.3 is 20.0 Å². The van der Waals surface area contributed by atoms with E-state index in [1.165, 1.54) is 0 Å². The lowest BCUT2D eigenvalue weighted by Crippen LogP contribution is -2.61. The van der Waals surface area contributed by atoms with Crippen LogP contribution in [0.2, 0.25) is 0 Å². The van der Waals surface area contributed by atoms with E-state index in [-0.39, 0.29) is 17.7 Å². The number of Topliss-reactive ketones (excluding diaryl/α,β-unsaturated/α-hetero) is 1. The number of ketones is 1. The molecule has 14 heavy (non-hydrogen) atoms. The molecule has 2 bridgehead atoms. The van der Waals surface area contributed by atoms with Crippen molar-refractivity contribution < 1.29 is 14.6 Å². The first kappa shape index (κ1) is 10.1. The van der Waals surface area contributed by atoms with Crippen LogP contribution in [0.15, 0.2) is 0 Å². The average molecular weight is 199 g/mol. The van der Waals surface area contributed by atoms with E-state index in [2.05, 4.69) is 5.32 Å². The molecule has 2 aliphatic rings. The van der Waals surface area contributed by atoms with E-state index in [9.17, 15) is 9.90 Å². The SMILES string of the molecule is CC(=O)CC1CC2COCC(N2)C1O. The number of hydrogen-bond acceptors (Lipinski definition) is 4. The standard InChI is InChI=1S/C10H17NO3/c1-6(12)2-7-3-8-4-14-5-9(11-8)10(7)13/h7-11,13H,2-5H2,1H3. The van der Waals surface area contributed by atoms with Gasteiger partial charge in [0.15, 0.2) is 0 Å². The van der Waals surface area contributed by atoms with Crippen molar-refractivity contribution in [2.24, 2.45) is 5.92 Å². The zero-order valence-electron chi connectivity index (χ0n) is 8.40. The largest absolute Gasteiger partial charge is 0.391 e. The number of ether oxygens (including phenoxy) is 1. The minimum atomic E-state index is -0.435. The van der Waals surface area contributed by atoms with Crippen LogP contribution in [0.5, 0.6) is 0 Å². The Morgan fingerprint density at radius 2 is 2.36 bits per heavy atom. The Kier molecular flexibility index (Phi) is 2.85. The molecule has 2 saturated heterocycles. The maximum absolute atomic E-state index is 11.0. The van der Waals surface area contributed by atoms with Crippen molar-refractivity contribution in [3.05, 3.63) is 0 Å². The number of rotatable bonds is 2. The van der Waals surface area contributed by atoms with Crippen molar-refractivity contribution in [1.82, 2.24) is 5.32 Å². The fourth-order valence-electron chi connectivity index (χ4n) is 2.48. The number of piperidine rings is 1. The van der Waals surface area contributed by atoms with Crippen molar-refractivity contribution in [2.75, 3.05) is 13.2 Å². The van der Waals surface area contributed by atoms with Crippen LogP contribution in [-0.4, -0.2) is 42.3 Å². The van der Waals surface area contributed by atoms with E-state index >= 15 is 0 Å². The first-order chi connectivity index (χ1) is 6.66. The number of morpholine rings is 1. The van der Waals surface area contributed by atoms with Crippen molar-refractivity contribution in [3.8, 4) is 0 Å². The number of fused-ring (bicyclic) bond motifs is 2. The summed E-state index contributed by atoms with van der Waals surface area (Å²) in [5.74, 6) is 0.280. The maximum atomic E-state index is 11.0. The van der Waals surface area contributed by atoms with Gasteiger partial charge >= 0.3 is 0 Å².